The average Bonchev–Trinajstić information content (AvgIpc) is 2.80. The molecule has 0 aliphatic heterocycles. The summed E-state index contributed by atoms with van der Waals surface area (Å²) in [6.07, 6.45) is -2.91. The molecule has 0 radical (unpaired) electrons. The van der Waals surface area contributed by atoms with Gasteiger partial charge in [0.15, 0.2) is 0 Å². The standard InChI is InChI=1S/C14H14ClF3N2O/c1-8(19-7-10-5-6-21-9(10)2)11-3-4-12(14(16,17)18)20-13(11)15/h3-6,8,19H,7H2,1-2H3. The van der Waals surface area contributed by atoms with Crippen molar-refractivity contribution >= 4 is 11.6 Å². The molecule has 0 saturated heterocycles. The quantitative estimate of drug-likeness (QED) is 0.843. The van der Waals surface area contributed by atoms with E-state index < -0.39 is 11.9 Å². The molecule has 0 saturated carbocycles. The summed E-state index contributed by atoms with van der Waals surface area (Å²) in [6.45, 7) is 4.18. The van der Waals surface area contributed by atoms with Crippen LogP contribution in [0.25, 0.3) is 0 Å². The van der Waals surface area contributed by atoms with Crippen LogP contribution in [0.15, 0.2) is 28.9 Å². The predicted octanol–water partition coefficient (Wildman–Crippen LogP) is 4.51. The topological polar surface area (TPSA) is 38.1 Å². The number of rotatable bonds is 4. The largest absolute Gasteiger partial charge is 0.469 e. The number of furan rings is 1. The van der Waals surface area contributed by atoms with Gasteiger partial charge in [-0.3, -0.25) is 0 Å². The van der Waals surface area contributed by atoms with Gasteiger partial charge in [0.1, 0.15) is 16.6 Å². The minimum Gasteiger partial charge on any atom is -0.469 e. The summed E-state index contributed by atoms with van der Waals surface area (Å²) in [5.41, 5.74) is 0.512. The second-order valence-electron chi connectivity index (χ2n) is 4.68. The molecule has 3 nitrogen and oxygen atoms in total. The summed E-state index contributed by atoms with van der Waals surface area (Å²) in [6, 6.07) is 3.88. The molecule has 0 amide bonds. The number of nitrogens with one attached hydrogen (secondary N) is 1. The van der Waals surface area contributed by atoms with E-state index in [2.05, 4.69) is 10.3 Å². The van der Waals surface area contributed by atoms with Crippen LogP contribution < -0.4 is 5.32 Å². The van der Waals surface area contributed by atoms with Gasteiger partial charge in [-0.2, -0.15) is 13.2 Å². The van der Waals surface area contributed by atoms with Gasteiger partial charge in [0.2, 0.25) is 0 Å². The van der Waals surface area contributed by atoms with E-state index in [0.29, 0.717) is 12.1 Å². The fraction of sp³-hybridized carbons (Fsp3) is 0.357. The Balaban J connectivity index is 2.09. The van der Waals surface area contributed by atoms with Crippen LogP contribution in [-0.2, 0) is 12.7 Å². The van der Waals surface area contributed by atoms with Crippen LogP contribution in [0, 0.1) is 6.92 Å². The third kappa shape index (κ3) is 3.77. The summed E-state index contributed by atoms with van der Waals surface area (Å²) >= 11 is 5.85. The summed E-state index contributed by atoms with van der Waals surface area (Å²) in [7, 11) is 0. The molecule has 0 aliphatic carbocycles. The van der Waals surface area contributed by atoms with Crippen LogP contribution in [0.1, 0.15) is 35.5 Å². The molecule has 1 N–H and O–H groups in total. The lowest BCUT2D eigenvalue weighted by Gasteiger charge is -2.16. The van der Waals surface area contributed by atoms with Gasteiger partial charge in [0.05, 0.1) is 6.26 Å². The van der Waals surface area contributed by atoms with Gasteiger partial charge in [-0.1, -0.05) is 17.7 Å². The molecule has 7 heteroatoms. The number of hydrogen-bond donors (Lipinski definition) is 1. The number of nitrogens with zero attached hydrogens (tertiary/aromatic N) is 1. The molecule has 2 aromatic rings. The summed E-state index contributed by atoms with van der Waals surface area (Å²) in [4.78, 5) is 3.41. The number of aryl methyl sites for hydroxylation is 1. The predicted molar refractivity (Wildman–Crippen MR) is 72.9 cm³/mol. The average molecular weight is 319 g/mol. The maximum Gasteiger partial charge on any atom is 0.433 e. The fourth-order valence-corrected chi connectivity index (χ4v) is 2.21. The van der Waals surface area contributed by atoms with Crippen LogP contribution in [0.2, 0.25) is 5.15 Å². The molecule has 2 rings (SSSR count). The molecule has 0 aliphatic rings. The highest BCUT2D eigenvalue weighted by atomic mass is 35.5. The SMILES string of the molecule is Cc1occc1CNC(C)c1ccc(C(F)(F)F)nc1Cl. The highest BCUT2D eigenvalue weighted by Crippen LogP contribution is 2.31. The lowest BCUT2D eigenvalue weighted by molar-refractivity contribution is -0.141. The lowest BCUT2D eigenvalue weighted by atomic mass is 10.1. The number of alkyl halides is 3. The van der Waals surface area contributed by atoms with E-state index in [-0.39, 0.29) is 11.2 Å². The fourth-order valence-electron chi connectivity index (χ4n) is 1.89. The van der Waals surface area contributed by atoms with E-state index in [4.69, 9.17) is 16.0 Å². The normalized spacial score (nSPS) is 13.4. The third-order valence-corrected chi connectivity index (χ3v) is 3.50. The minimum absolute atomic E-state index is 0.145. The monoisotopic (exact) mass is 318 g/mol. The zero-order valence-corrected chi connectivity index (χ0v) is 12.2. The maximum absolute atomic E-state index is 12.5. The Labute approximate surface area is 125 Å². The second-order valence-corrected chi connectivity index (χ2v) is 5.04. The van der Waals surface area contributed by atoms with E-state index in [0.717, 1.165) is 17.4 Å². The Bertz CT molecular complexity index is 625. The molecule has 2 aromatic heterocycles. The highest BCUT2D eigenvalue weighted by Gasteiger charge is 2.33. The Morgan fingerprint density at radius 2 is 2.05 bits per heavy atom. The van der Waals surface area contributed by atoms with Gasteiger partial charge >= 0.3 is 6.18 Å². The smallest absolute Gasteiger partial charge is 0.433 e. The zero-order valence-electron chi connectivity index (χ0n) is 11.5. The summed E-state index contributed by atoms with van der Waals surface area (Å²) in [5, 5.41) is 3.03. The van der Waals surface area contributed by atoms with Gasteiger partial charge in [-0.25, -0.2) is 4.98 Å². The van der Waals surface area contributed by atoms with Crippen molar-refractivity contribution in [1.29, 1.82) is 0 Å². The van der Waals surface area contributed by atoms with Crippen LogP contribution >= 0.6 is 11.6 Å². The molecular weight excluding hydrogens is 305 g/mol. The Morgan fingerprint density at radius 3 is 2.57 bits per heavy atom. The van der Waals surface area contributed by atoms with Crippen LogP contribution in [0.4, 0.5) is 13.2 Å². The Kier molecular flexibility index (Phi) is 4.58. The highest BCUT2D eigenvalue weighted by molar-refractivity contribution is 6.30. The first-order chi connectivity index (χ1) is 9.79. The molecular formula is C14H14ClF3N2O. The van der Waals surface area contributed by atoms with Crippen molar-refractivity contribution in [2.45, 2.75) is 32.6 Å². The van der Waals surface area contributed by atoms with Crippen molar-refractivity contribution in [2.24, 2.45) is 0 Å². The lowest BCUT2D eigenvalue weighted by Crippen LogP contribution is -2.19. The molecule has 1 atom stereocenters. The molecule has 0 spiro atoms. The van der Waals surface area contributed by atoms with Gasteiger partial charge in [-0.15, -0.1) is 0 Å². The van der Waals surface area contributed by atoms with Crippen molar-refractivity contribution in [3.8, 4) is 0 Å². The molecule has 0 fully saturated rings. The van der Waals surface area contributed by atoms with Crippen LogP contribution in [0.5, 0.6) is 0 Å². The molecule has 21 heavy (non-hydrogen) atoms. The van der Waals surface area contributed by atoms with Crippen LogP contribution in [-0.4, -0.2) is 4.98 Å². The van der Waals surface area contributed by atoms with Gasteiger partial charge in [-0.05, 0) is 26.0 Å². The summed E-state index contributed by atoms with van der Waals surface area (Å²) < 4.78 is 42.8. The first kappa shape index (κ1) is 15.9. The molecule has 2 heterocycles. The van der Waals surface area contributed by atoms with E-state index >= 15 is 0 Å². The second kappa shape index (κ2) is 6.07. The first-order valence-corrected chi connectivity index (χ1v) is 6.67. The zero-order chi connectivity index (χ0) is 15.6. The molecule has 0 bridgehead atoms. The number of halogens is 4. The van der Waals surface area contributed by atoms with Crippen molar-refractivity contribution in [3.63, 3.8) is 0 Å². The molecule has 114 valence electrons. The van der Waals surface area contributed by atoms with Crippen molar-refractivity contribution < 1.29 is 17.6 Å². The minimum atomic E-state index is -4.49. The number of pyridine rings is 1. The maximum atomic E-state index is 12.5. The number of hydrogen-bond acceptors (Lipinski definition) is 3. The van der Waals surface area contributed by atoms with Gasteiger partial charge < -0.3 is 9.73 Å². The molecule has 0 aromatic carbocycles. The van der Waals surface area contributed by atoms with Crippen molar-refractivity contribution in [1.82, 2.24) is 10.3 Å². The first-order valence-electron chi connectivity index (χ1n) is 6.29. The molecule has 1 unspecified atom stereocenters. The van der Waals surface area contributed by atoms with Crippen molar-refractivity contribution in [3.05, 3.63) is 52.2 Å². The van der Waals surface area contributed by atoms with Gasteiger partial charge in [0.25, 0.3) is 0 Å². The van der Waals surface area contributed by atoms with E-state index in [9.17, 15) is 13.2 Å². The Morgan fingerprint density at radius 1 is 1.33 bits per heavy atom. The van der Waals surface area contributed by atoms with Crippen molar-refractivity contribution in [2.75, 3.05) is 0 Å². The van der Waals surface area contributed by atoms with E-state index in [1.54, 1.807) is 6.26 Å². The van der Waals surface area contributed by atoms with E-state index in [1.165, 1.54) is 6.07 Å². The number of aromatic nitrogens is 1. The summed E-state index contributed by atoms with van der Waals surface area (Å²) in [5.74, 6) is 0.798. The Hall–Kier alpha value is -1.53. The van der Waals surface area contributed by atoms with E-state index in [1.807, 2.05) is 19.9 Å². The third-order valence-electron chi connectivity index (χ3n) is 3.20. The van der Waals surface area contributed by atoms with Crippen LogP contribution in [0.3, 0.4) is 0 Å². The van der Waals surface area contributed by atoms with Gasteiger partial charge in [0, 0.05) is 23.7 Å².